The number of anilines is 1. The van der Waals surface area contributed by atoms with E-state index in [2.05, 4.69) is 24.1 Å². The summed E-state index contributed by atoms with van der Waals surface area (Å²) in [7, 11) is 0. The zero-order chi connectivity index (χ0) is 15.2. The third kappa shape index (κ3) is 4.35. The lowest BCUT2D eigenvalue weighted by Gasteiger charge is -2.25. The number of rotatable bonds is 7. The van der Waals surface area contributed by atoms with E-state index in [0.717, 1.165) is 38.0 Å². The van der Waals surface area contributed by atoms with Gasteiger partial charge in [-0.2, -0.15) is 0 Å². The molecule has 1 aromatic carbocycles. The van der Waals surface area contributed by atoms with Crippen LogP contribution in [-0.4, -0.2) is 37.0 Å². The minimum atomic E-state index is -0.121. The topological polar surface area (TPSA) is 41.6 Å². The molecule has 1 heterocycles. The van der Waals surface area contributed by atoms with Gasteiger partial charge in [0.15, 0.2) is 6.61 Å². The fraction of sp³-hybridized carbons (Fsp3) is 0.562. The van der Waals surface area contributed by atoms with Crippen molar-refractivity contribution >= 4 is 23.2 Å². The molecule has 0 aromatic heterocycles. The second-order valence-corrected chi connectivity index (χ2v) is 5.89. The Bertz CT molecular complexity index is 487. The highest BCUT2D eigenvalue weighted by Gasteiger charge is 2.19. The molecule has 1 amide bonds. The van der Waals surface area contributed by atoms with Crippen LogP contribution in [0.1, 0.15) is 37.6 Å². The van der Waals surface area contributed by atoms with Crippen LogP contribution in [0, 0.1) is 0 Å². The molecule has 0 aliphatic carbocycles. The number of alkyl halides is 1. The standard InChI is InChI=1S/C16H23ClN2O2/c1-3-7-19(8-4-2)10-13(17)12-5-6-15-14(9-12)18-16(20)11-21-15/h5-6,9,13H,3-4,7-8,10-11H2,1-2H3,(H,18,20). The number of ether oxygens (including phenoxy) is 1. The van der Waals surface area contributed by atoms with Crippen molar-refractivity contribution in [3.05, 3.63) is 23.8 Å². The average Bonchev–Trinajstić information content (AvgIpc) is 2.47. The van der Waals surface area contributed by atoms with Crippen molar-refractivity contribution in [2.45, 2.75) is 32.1 Å². The molecular weight excluding hydrogens is 288 g/mol. The Morgan fingerprint density at radius 2 is 2.05 bits per heavy atom. The summed E-state index contributed by atoms with van der Waals surface area (Å²) >= 11 is 6.56. The minimum absolute atomic E-state index is 0.0808. The van der Waals surface area contributed by atoms with E-state index in [0.29, 0.717) is 11.4 Å². The molecule has 2 rings (SSSR count). The number of nitrogens with zero attached hydrogens (tertiary/aromatic N) is 1. The van der Waals surface area contributed by atoms with Crippen LogP contribution in [0.3, 0.4) is 0 Å². The highest BCUT2D eigenvalue weighted by Crippen LogP contribution is 2.32. The fourth-order valence-electron chi connectivity index (χ4n) is 2.55. The molecule has 4 nitrogen and oxygen atoms in total. The Hall–Kier alpha value is -1.26. The van der Waals surface area contributed by atoms with E-state index in [1.54, 1.807) is 0 Å². The summed E-state index contributed by atoms with van der Waals surface area (Å²) in [4.78, 5) is 13.8. The zero-order valence-corrected chi connectivity index (χ0v) is 13.4. The van der Waals surface area contributed by atoms with Gasteiger partial charge in [-0.3, -0.25) is 4.79 Å². The number of fused-ring (bicyclic) bond motifs is 1. The molecule has 116 valence electrons. The zero-order valence-electron chi connectivity index (χ0n) is 12.7. The highest BCUT2D eigenvalue weighted by molar-refractivity contribution is 6.21. The monoisotopic (exact) mass is 310 g/mol. The molecule has 1 unspecified atom stereocenters. The largest absolute Gasteiger partial charge is 0.482 e. The summed E-state index contributed by atoms with van der Waals surface area (Å²) in [5, 5.41) is 2.73. The Kier molecular flexibility index (Phi) is 5.88. The molecule has 0 saturated carbocycles. The number of amides is 1. The number of hydrogen-bond acceptors (Lipinski definition) is 3. The van der Waals surface area contributed by atoms with Crippen molar-refractivity contribution in [3.8, 4) is 5.75 Å². The lowest BCUT2D eigenvalue weighted by molar-refractivity contribution is -0.118. The van der Waals surface area contributed by atoms with E-state index >= 15 is 0 Å². The summed E-state index contributed by atoms with van der Waals surface area (Å²) in [6.07, 6.45) is 2.25. The summed E-state index contributed by atoms with van der Waals surface area (Å²) in [5.74, 6) is 0.588. The Balaban J connectivity index is 2.06. The maximum absolute atomic E-state index is 11.4. The molecule has 21 heavy (non-hydrogen) atoms. The Labute approximate surface area is 131 Å². The van der Waals surface area contributed by atoms with Crippen molar-refractivity contribution in [3.63, 3.8) is 0 Å². The van der Waals surface area contributed by atoms with Gasteiger partial charge in [-0.1, -0.05) is 19.9 Å². The van der Waals surface area contributed by atoms with Crippen LogP contribution in [0.4, 0.5) is 5.69 Å². The first kappa shape index (κ1) is 16.1. The van der Waals surface area contributed by atoms with E-state index in [9.17, 15) is 4.79 Å². The molecule has 0 fully saturated rings. The quantitative estimate of drug-likeness (QED) is 0.785. The molecule has 5 heteroatoms. The lowest BCUT2D eigenvalue weighted by Crippen LogP contribution is -2.29. The first-order valence-electron chi connectivity index (χ1n) is 7.57. The van der Waals surface area contributed by atoms with Crippen LogP contribution >= 0.6 is 11.6 Å². The number of halogens is 1. The maximum atomic E-state index is 11.4. The van der Waals surface area contributed by atoms with Crippen molar-refractivity contribution < 1.29 is 9.53 Å². The van der Waals surface area contributed by atoms with Crippen LogP contribution < -0.4 is 10.1 Å². The summed E-state index contributed by atoms with van der Waals surface area (Å²) in [6, 6.07) is 5.77. The molecule has 1 aromatic rings. The van der Waals surface area contributed by atoms with Gasteiger partial charge in [-0.05, 0) is 43.6 Å². The van der Waals surface area contributed by atoms with E-state index in [1.165, 1.54) is 0 Å². The second kappa shape index (κ2) is 7.66. The summed E-state index contributed by atoms with van der Waals surface area (Å²) < 4.78 is 5.36. The van der Waals surface area contributed by atoms with Crippen LogP contribution in [0.2, 0.25) is 0 Å². The van der Waals surface area contributed by atoms with Crippen LogP contribution in [0.25, 0.3) is 0 Å². The van der Waals surface area contributed by atoms with Gasteiger partial charge in [0.05, 0.1) is 11.1 Å². The molecule has 1 N–H and O–H groups in total. The second-order valence-electron chi connectivity index (χ2n) is 5.36. The summed E-state index contributed by atoms with van der Waals surface area (Å²) in [6.45, 7) is 7.37. The minimum Gasteiger partial charge on any atom is -0.482 e. The molecule has 1 aliphatic rings. The number of carbonyl (C=O) groups is 1. The van der Waals surface area contributed by atoms with Gasteiger partial charge < -0.3 is 15.0 Å². The number of hydrogen-bond donors (Lipinski definition) is 1. The average molecular weight is 311 g/mol. The van der Waals surface area contributed by atoms with Gasteiger partial charge in [-0.15, -0.1) is 11.6 Å². The van der Waals surface area contributed by atoms with Crippen molar-refractivity contribution in [2.75, 3.05) is 31.6 Å². The van der Waals surface area contributed by atoms with Gasteiger partial charge in [0, 0.05) is 6.54 Å². The van der Waals surface area contributed by atoms with E-state index in [4.69, 9.17) is 16.3 Å². The predicted molar refractivity (Wildman–Crippen MR) is 86.2 cm³/mol. The van der Waals surface area contributed by atoms with Crippen LogP contribution in [-0.2, 0) is 4.79 Å². The molecule has 1 atom stereocenters. The first-order chi connectivity index (χ1) is 10.1. The third-order valence-corrected chi connectivity index (χ3v) is 3.89. The normalized spacial score (nSPS) is 15.3. The number of nitrogens with one attached hydrogen (secondary N) is 1. The fourth-order valence-corrected chi connectivity index (χ4v) is 2.89. The first-order valence-corrected chi connectivity index (χ1v) is 8.00. The van der Waals surface area contributed by atoms with Gasteiger partial charge >= 0.3 is 0 Å². The summed E-state index contributed by atoms with van der Waals surface area (Å²) in [5.41, 5.74) is 1.73. The molecule has 0 bridgehead atoms. The van der Waals surface area contributed by atoms with Gasteiger partial charge in [-0.25, -0.2) is 0 Å². The highest BCUT2D eigenvalue weighted by atomic mass is 35.5. The molecular formula is C16H23ClN2O2. The Morgan fingerprint density at radius 3 is 2.71 bits per heavy atom. The van der Waals surface area contributed by atoms with E-state index < -0.39 is 0 Å². The van der Waals surface area contributed by atoms with Crippen molar-refractivity contribution in [1.82, 2.24) is 4.90 Å². The smallest absolute Gasteiger partial charge is 0.262 e. The third-order valence-electron chi connectivity index (χ3n) is 3.50. The molecule has 0 saturated heterocycles. The van der Waals surface area contributed by atoms with Crippen molar-refractivity contribution in [1.29, 1.82) is 0 Å². The predicted octanol–water partition coefficient (Wildman–Crippen LogP) is 3.42. The van der Waals surface area contributed by atoms with Gasteiger partial charge in [0.25, 0.3) is 5.91 Å². The van der Waals surface area contributed by atoms with E-state index in [1.807, 2.05) is 18.2 Å². The maximum Gasteiger partial charge on any atom is 0.262 e. The Morgan fingerprint density at radius 1 is 1.33 bits per heavy atom. The SMILES string of the molecule is CCCN(CCC)CC(Cl)c1ccc2c(c1)NC(=O)CO2. The molecule has 0 spiro atoms. The lowest BCUT2D eigenvalue weighted by atomic mass is 10.1. The van der Waals surface area contributed by atoms with Crippen molar-refractivity contribution in [2.24, 2.45) is 0 Å². The molecule has 1 aliphatic heterocycles. The number of benzene rings is 1. The van der Waals surface area contributed by atoms with E-state index in [-0.39, 0.29) is 17.9 Å². The van der Waals surface area contributed by atoms with Gasteiger partial charge in [0.2, 0.25) is 0 Å². The number of carbonyl (C=O) groups excluding carboxylic acids is 1. The van der Waals surface area contributed by atoms with Crippen LogP contribution in [0.5, 0.6) is 5.75 Å². The van der Waals surface area contributed by atoms with Crippen LogP contribution in [0.15, 0.2) is 18.2 Å². The molecule has 0 radical (unpaired) electrons. The van der Waals surface area contributed by atoms with Gasteiger partial charge in [0.1, 0.15) is 5.75 Å².